The zero-order valence-corrected chi connectivity index (χ0v) is 9.89. The van der Waals surface area contributed by atoms with E-state index in [0.29, 0.717) is 19.4 Å². The molecular formula is C13H19NO3. The first-order valence-electron chi connectivity index (χ1n) is 6.34. The summed E-state index contributed by atoms with van der Waals surface area (Å²) >= 11 is 0. The van der Waals surface area contributed by atoms with Crippen LogP contribution in [-0.2, 0) is 9.59 Å². The number of rotatable bonds is 5. The molecule has 17 heavy (non-hydrogen) atoms. The molecule has 2 atom stereocenters. The normalized spacial score (nSPS) is 27.8. The van der Waals surface area contributed by atoms with E-state index >= 15 is 0 Å². The molecule has 94 valence electrons. The molecule has 2 aliphatic rings. The number of nitrogens with one attached hydrogen (secondary N) is 1. The van der Waals surface area contributed by atoms with Crippen LogP contribution in [0.4, 0.5) is 0 Å². The molecule has 0 aromatic heterocycles. The van der Waals surface area contributed by atoms with Gasteiger partial charge in [0, 0.05) is 6.54 Å². The lowest BCUT2D eigenvalue weighted by molar-refractivity contribution is -0.147. The Hall–Kier alpha value is -1.32. The lowest BCUT2D eigenvalue weighted by atomic mass is 9.82. The largest absolute Gasteiger partial charge is 0.481 e. The number of allylic oxidation sites excluding steroid dienone is 2. The van der Waals surface area contributed by atoms with Crippen LogP contribution >= 0.6 is 0 Å². The first-order chi connectivity index (χ1) is 8.18. The topological polar surface area (TPSA) is 66.4 Å². The first-order valence-corrected chi connectivity index (χ1v) is 6.34. The molecule has 0 heterocycles. The Bertz CT molecular complexity index is 334. The van der Waals surface area contributed by atoms with Crippen LogP contribution in [0.15, 0.2) is 12.2 Å². The third-order valence-electron chi connectivity index (χ3n) is 3.64. The van der Waals surface area contributed by atoms with Crippen molar-refractivity contribution in [1.29, 1.82) is 0 Å². The van der Waals surface area contributed by atoms with Gasteiger partial charge >= 0.3 is 5.97 Å². The van der Waals surface area contributed by atoms with E-state index in [9.17, 15) is 9.59 Å². The average Bonchev–Trinajstić information content (AvgIpc) is 3.13. The van der Waals surface area contributed by atoms with Crippen molar-refractivity contribution in [1.82, 2.24) is 5.32 Å². The van der Waals surface area contributed by atoms with Crippen molar-refractivity contribution < 1.29 is 14.7 Å². The molecule has 0 aliphatic heterocycles. The summed E-state index contributed by atoms with van der Waals surface area (Å²) in [6, 6.07) is 0. The Morgan fingerprint density at radius 1 is 1.18 bits per heavy atom. The van der Waals surface area contributed by atoms with Gasteiger partial charge in [-0.3, -0.25) is 9.59 Å². The minimum atomic E-state index is -0.864. The van der Waals surface area contributed by atoms with Gasteiger partial charge in [-0.25, -0.2) is 0 Å². The predicted molar refractivity (Wildman–Crippen MR) is 63.3 cm³/mol. The number of carbonyl (C=O) groups is 2. The molecule has 0 aromatic rings. The van der Waals surface area contributed by atoms with Crippen LogP contribution in [0.5, 0.6) is 0 Å². The van der Waals surface area contributed by atoms with E-state index in [1.54, 1.807) is 0 Å². The third-order valence-corrected chi connectivity index (χ3v) is 3.64. The number of aliphatic carboxylic acids is 1. The van der Waals surface area contributed by atoms with Crippen LogP contribution in [0.3, 0.4) is 0 Å². The Balaban J connectivity index is 1.82. The van der Waals surface area contributed by atoms with Gasteiger partial charge in [0.1, 0.15) is 0 Å². The number of amides is 1. The fraction of sp³-hybridized carbons (Fsp3) is 0.692. The number of hydrogen-bond acceptors (Lipinski definition) is 2. The summed E-state index contributed by atoms with van der Waals surface area (Å²) in [5.74, 6) is -1.12. The van der Waals surface area contributed by atoms with Gasteiger partial charge in [-0.2, -0.15) is 0 Å². The van der Waals surface area contributed by atoms with E-state index in [1.165, 1.54) is 12.8 Å². The molecule has 0 bridgehead atoms. The monoisotopic (exact) mass is 237 g/mol. The van der Waals surface area contributed by atoms with E-state index in [-0.39, 0.29) is 5.91 Å². The molecule has 4 nitrogen and oxygen atoms in total. The Labute approximate surface area is 101 Å². The predicted octanol–water partition coefficient (Wildman–Crippen LogP) is 1.57. The highest BCUT2D eigenvalue weighted by Crippen LogP contribution is 2.32. The lowest BCUT2D eigenvalue weighted by Gasteiger charge is -2.24. The maximum atomic E-state index is 11.9. The van der Waals surface area contributed by atoms with Crippen LogP contribution in [0.1, 0.15) is 32.1 Å². The molecular weight excluding hydrogens is 218 g/mol. The van der Waals surface area contributed by atoms with Crippen molar-refractivity contribution in [3.05, 3.63) is 12.2 Å². The van der Waals surface area contributed by atoms with Gasteiger partial charge in [0.15, 0.2) is 0 Å². The molecule has 0 spiro atoms. The molecule has 2 rings (SSSR count). The van der Waals surface area contributed by atoms with Gasteiger partial charge in [-0.15, -0.1) is 0 Å². The lowest BCUT2D eigenvalue weighted by Crippen LogP contribution is -2.39. The first kappa shape index (κ1) is 12.1. The highest BCUT2D eigenvalue weighted by atomic mass is 16.4. The maximum Gasteiger partial charge on any atom is 0.307 e. The summed E-state index contributed by atoms with van der Waals surface area (Å²) in [6.07, 6.45) is 8.37. The second-order valence-electron chi connectivity index (χ2n) is 5.02. The molecule has 0 unspecified atom stereocenters. The summed E-state index contributed by atoms with van der Waals surface area (Å²) in [4.78, 5) is 23.0. The Kier molecular flexibility index (Phi) is 3.82. The van der Waals surface area contributed by atoms with E-state index < -0.39 is 17.8 Å². The molecule has 1 fully saturated rings. The van der Waals surface area contributed by atoms with Gasteiger partial charge in [-0.05, 0) is 25.2 Å². The molecule has 4 heteroatoms. The van der Waals surface area contributed by atoms with E-state index in [0.717, 1.165) is 12.3 Å². The minimum Gasteiger partial charge on any atom is -0.481 e. The van der Waals surface area contributed by atoms with Crippen LogP contribution in [0.25, 0.3) is 0 Å². The van der Waals surface area contributed by atoms with Crippen LogP contribution < -0.4 is 5.32 Å². The minimum absolute atomic E-state index is 0.0950. The zero-order valence-electron chi connectivity index (χ0n) is 9.89. The quantitative estimate of drug-likeness (QED) is 0.713. The number of carboxylic acids is 1. The van der Waals surface area contributed by atoms with Crippen LogP contribution in [0.2, 0.25) is 0 Å². The number of carboxylic acid groups (broad SMARTS) is 1. The summed E-state index contributed by atoms with van der Waals surface area (Å²) in [5, 5.41) is 11.9. The molecule has 0 saturated heterocycles. The number of carbonyl (C=O) groups excluding carboxylic acids is 1. The average molecular weight is 237 g/mol. The third kappa shape index (κ3) is 3.32. The second kappa shape index (κ2) is 5.34. The summed E-state index contributed by atoms with van der Waals surface area (Å²) < 4.78 is 0. The highest BCUT2D eigenvalue weighted by molar-refractivity contribution is 5.85. The Morgan fingerprint density at radius 2 is 1.82 bits per heavy atom. The SMILES string of the molecule is O=C(O)[C@H]1CC=CC[C@H]1C(=O)NCCC1CC1. The summed E-state index contributed by atoms with van der Waals surface area (Å²) in [6.45, 7) is 0.691. The van der Waals surface area contributed by atoms with Crippen LogP contribution in [-0.4, -0.2) is 23.5 Å². The smallest absolute Gasteiger partial charge is 0.307 e. The highest BCUT2D eigenvalue weighted by Gasteiger charge is 2.33. The van der Waals surface area contributed by atoms with Crippen molar-refractivity contribution in [3.8, 4) is 0 Å². The van der Waals surface area contributed by atoms with Crippen molar-refractivity contribution in [2.75, 3.05) is 6.54 Å². The van der Waals surface area contributed by atoms with E-state index in [1.807, 2.05) is 12.2 Å². The molecule has 2 N–H and O–H groups in total. The summed E-state index contributed by atoms with van der Waals surface area (Å²) in [5.41, 5.74) is 0. The van der Waals surface area contributed by atoms with Gasteiger partial charge in [0.2, 0.25) is 5.91 Å². The fourth-order valence-corrected chi connectivity index (χ4v) is 2.31. The standard InChI is InChI=1S/C13H19NO3/c15-12(14-8-7-9-5-6-9)10-3-1-2-4-11(10)13(16)17/h1-2,9-11H,3-8H2,(H,14,15)(H,16,17)/t10-,11+/m1/s1. The molecule has 0 aromatic carbocycles. The summed E-state index contributed by atoms with van der Waals surface area (Å²) in [7, 11) is 0. The van der Waals surface area contributed by atoms with Crippen molar-refractivity contribution in [2.24, 2.45) is 17.8 Å². The van der Waals surface area contributed by atoms with E-state index in [2.05, 4.69) is 5.32 Å². The van der Waals surface area contributed by atoms with Crippen molar-refractivity contribution >= 4 is 11.9 Å². The van der Waals surface area contributed by atoms with Gasteiger partial charge in [0.25, 0.3) is 0 Å². The molecule has 1 amide bonds. The molecule has 1 saturated carbocycles. The Morgan fingerprint density at radius 3 is 2.41 bits per heavy atom. The second-order valence-corrected chi connectivity index (χ2v) is 5.02. The molecule has 0 radical (unpaired) electrons. The van der Waals surface area contributed by atoms with E-state index in [4.69, 9.17) is 5.11 Å². The maximum absolute atomic E-state index is 11.9. The van der Waals surface area contributed by atoms with Gasteiger partial charge in [-0.1, -0.05) is 25.0 Å². The zero-order chi connectivity index (χ0) is 12.3. The van der Waals surface area contributed by atoms with Crippen molar-refractivity contribution in [2.45, 2.75) is 32.1 Å². The fourth-order valence-electron chi connectivity index (χ4n) is 2.31. The molecule has 2 aliphatic carbocycles. The van der Waals surface area contributed by atoms with Gasteiger partial charge < -0.3 is 10.4 Å². The van der Waals surface area contributed by atoms with Crippen molar-refractivity contribution in [3.63, 3.8) is 0 Å². The number of hydrogen-bond donors (Lipinski definition) is 2. The van der Waals surface area contributed by atoms with Gasteiger partial charge in [0.05, 0.1) is 11.8 Å². The van der Waals surface area contributed by atoms with Crippen LogP contribution in [0, 0.1) is 17.8 Å².